The number of hydrogen-bond donors (Lipinski definition) is 6. The molecular formula is C26H32FN3O7. The van der Waals surface area contributed by atoms with Gasteiger partial charge in [-0.3, -0.25) is 14.4 Å². The van der Waals surface area contributed by atoms with E-state index in [0.717, 1.165) is 6.54 Å². The summed E-state index contributed by atoms with van der Waals surface area (Å²) in [5.41, 5.74) is 1.35. The third-order valence-corrected chi connectivity index (χ3v) is 7.56. The van der Waals surface area contributed by atoms with Gasteiger partial charge in [0.15, 0.2) is 11.4 Å². The number of fused-ring (bicyclic) bond motifs is 3. The monoisotopic (exact) mass is 517 g/mol. The van der Waals surface area contributed by atoms with Crippen molar-refractivity contribution < 1.29 is 39.2 Å². The lowest BCUT2D eigenvalue weighted by Crippen LogP contribution is -2.58. The molecule has 1 saturated carbocycles. The van der Waals surface area contributed by atoms with Gasteiger partial charge in [-0.15, -0.1) is 0 Å². The van der Waals surface area contributed by atoms with Crippen molar-refractivity contribution in [3.05, 3.63) is 45.5 Å². The third-order valence-electron chi connectivity index (χ3n) is 7.56. The molecule has 0 aliphatic heterocycles. The first-order valence-electron chi connectivity index (χ1n) is 12.1. The topological polar surface area (TPSA) is 173 Å². The maximum Gasteiger partial charge on any atom is 0.255 e. The predicted molar refractivity (Wildman–Crippen MR) is 131 cm³/mol. The molecule has 0 heterocycles. The lowest BCUT2D eigenvalue weighted by molar-refractivity contribution is -0.147. The third kappa shape index (κ3) is 4.30. The van der Waals surface area contributed by atoms with Gasteiger partial charge >= 0.3 is 0 Å². The standard InChI is InChI=1S/C26H32FN3O7/c1-11(10-30(2)3)8-29-9-13-6-16(31)19-15(21(13)27)5-12-4-14-7-17(32)20(25(28)36)24(35)26(14,37)23(34)18(12)22(19)33/h6,11-12,14,29,31,33,35,37H,4-5,7-10H2,1-3H3,(H2,28,36)/t11-,12?,14+,26+/m1/s1. The number of aromatic hydroxyl groups is 1. The normalized spacial score (nSPS) is 26.2. The fourth-order valence-electron chi connectivity index (χ4n) is 5.99. The molecule has 3 aliphatic carbocycles. The smallest absolute Gasteiger partial charge is 0.255 e. The molecular weight excluding hydrogens is 485 g/mol. The summed E-state index contributed by atoms with van der Waals surface area (Å²) in [6, 6.07) is 1.18. The Bertz CT molecular complexity index is 1260. The van der Waals surface area contributed by atoms with Crippen molar-refractivity contribution in [3.63, 3.8) is 0 Å². The zero-order valence-corrected chi connectivity index (χ0v) is 21.0. The first-order chi connectivity index (χ1) is 17.3. The SMILES string of the molecule is C[C@H](CNCc1cc(O)c2c(c1F)CC1C[C@H]3CC(=O)C(C(N)=O)=C(O)[C@@]3(O)C(=O)C1=C2O)CN(C)C. The van der Waals surface area contributed by atoms with Crippen LogP contribution in [0.2, 0.25) is 0 Å². The second kappa shape index (κ2) is 9.55. The molecule has 0 radical (unpaired) electrons. The van der Waals surface area contributed by atoms with E-state index in [2.05, 4.69) is 12.2 Å². The molecule has 200 valence electrons. The number of nitrogens with zero attached hydrogens (tertiary/aromatic N) is 1. The summed E-state index contributed by atoms with van der Waals surface area (Å²) in [5.74, 6) is -7.69. The van der Waals surface area contributed by atoms with Crippen molar-refractivity contribution in [2.45, 2.75) is 38.3 Å². The number of halogens is 1. The van der Waals surface area contributed by atoms with E-state index in [1.54, 1.807) is 0 Å². The van der Waals surface area contributed by atoms with Crippen molar-refractivity contribution in [2.75, 3.05) is 27.2 Å². The number of aliphatic hydroxyl groups excluding tert-OH is 2. The van der Waals surface area contributed by atoms with Crippen molar-refractivity contribution in [2.24, 2.45) is 23.5 Å². The summed E-state index contributed by atoms with van der Waals surface area (Å²) >= 11 is 0. The summed E-state index contributed by atoms with van der Waals surface area (Å²) < 4.78 is 15.6. The average Bonchev–Trinajstić information content (AvgIpc) is 2.78. The highest BCUT2D eigenvalue weighted by molar-refractivity contribution is 6.22. The molecule has 0 spiro atoms. The number of Topliss-reactive ketones (excluding diaryl/α,β-unsaturated/α-hetero) is 2. The van der Waals surface area contributed by atoms with Gasteiger partial charge in [0, 0.05) is 42.1 Å². The number of phenols is 1. The maximum absolute atomic E-state index is 15.6. The Morgan fingerprint density at radius 1 is 1.27 bits per heavy atom. The number of carbonyl (C=O) groups is 3. The molecule has 1 aromatic carbocycles. The van der Waals surface area contributed by atoms with E-state index in [0.29, 0.717) is 12.5 Å². The molecule has 10 nitrogen and oxygen atoms in total. The highest BCUT2D eigenvalue weighted by Gasteiger charge is 2.60. The Morgan fingerprint density at radius 2 is 1.95 bits per heavy atom. The van der Waals surface area contributed by atoms with E-state index in [9.17, 15) is 34.8 Å². The van der Waals surface area contributed by atoms with Crippen LogP contribution in [0.5, 0.6) is 5.75 Å². The first kappa shape index (κ1) is 26.8. The van der Waals surface area contributed by atoms with Gasteiger partial charge in [0.25, 0.3) is 5.91 Å². The van der Waals surface area contributed by atoms with Crippen LogP contribution in [0.3, 0.4) is 0 Å². The maximum atomic E-state index is 15.6. The minimum Gasteiger partial charge on any atom is -0.508 e. The second-order valence-electron chi connectivity index (χ2n) is 10.6. The molecule has 37 heavy (non-hydrogen) atoms. The van der Waals surface area contributed by atoms with E-state index in [1.165, 1.54) is 6.07 Å². The Balaban J connectivity index is 1.71. The van der Waals surface area contributed by atoms with E-state index < -0.39 is 70.0 Å². The van der Waals surface area contributed by atoms with Crippen LogP contribution in [0.25, 0.3) is 5.76 Å². The summed E-state index contributed by atoms with van der Waals surface area (Å²) in [6.07, 6.45) is -0.545. The Labute approximate surface area is 213 Å². The second-order valence-corrected chi connectivity index (χ2v) is 10.6. The molecule has 7 N–H and O–H groups in total. The van der Waals surface area contributed by atoms with Gasteiger partial charge in [-0.25, -0.2) is 4.39 Å². The first-order valence-corrected chi connectivity index (χ1v) is 12.1. The molecule has 4 atom stereocenters. The van der Waals surface area contributed by atoms with Crippen LogP contribution in [0, 0.1) is 23.6 Å². The molecule has 1 aromatic rings. The van der Waals surface area contributed by atoms with Gasteiger partial charge in [-0.1, -0.05) is 6.92 Å². The zero-order valence-electron chi connectivity index (χ0n) is 21.0. The molecule has 3 aliphatic rings. The molecule has 0 aromatic heterocycles. The number of hydrogen-bond acceptors (Lipinski definition) is 9. The van der Waals surface area contributed by atoms with Crippen molar-refractivity contribution in [1.29, 1.82) is 0 Å². The van der Waals surface area contributed by atoms with Crippen LogP contribution in [0.4, 0.5) is 4.39 Å². The largest absolute Gasteiger partial charge is 0.508 e. The minimum absolute atomic E-state index is 0.0300. The highest BCUT2D eigenvalue weighted by Crippen LogP contribution is 2.52. The number of ketones is 2. The molecule has 11 heteroatoms. The molecule has 4 rings (SSSR count). The Kier molecular flexibility index (Phi) is 6.91. The summed E-state index contributed by atoms with van der Waals surface area (Å²) in [6.45, 7) is 3.63. The van der Waals surface area contributed by atoms with Crippen molar-refractivity contribution in [3.8, 4) is 5.75 Å². The van der Waals surface area contributed by atoms with Crippen LogP contribution < -0.4 is 11.1 Å². The minimum atomic E-state index is -2.64. The van der Waals surface area contributed by atoms with Crippen LogP contribution in [-0.4, -0.2) is 75.6 Å². The molecule has 0 saturated heterocycles. The van der Waals surface area contributed by atoms with E-state index in [4.69, 9.17) is 5.73 Å². The summed E-state index contributed by atoms with van der Waals surface area (Å²) in [5, 5.41) is 46.7. The number of aliphatic hydroxyl groups is 3. The summed E-state index contributed by atoms with van der Waals surface area (Å²) in [4.78, 5) is 39.6. The quantitative estimate of drug-likeness (QED) is 0.287. The van der Waals surface area contributed by atoms with Gasteiger partial charge in [0.2, 0.25) is 5.78 Å². The van der Waals surface area contributed by atoms with Gasteiger partial charge in [-0.05, 0) is 51.4 Å². The lowest BCUT2D eigenvalue weighted by Gasteiger charge is -2.46. The average molecular weight is 518 g/mol. The van der Waals surface area contributed by atoms with Gasteiger partial charge in [0.05, 0.1) is 5.56 Å². The molecule has 0 bridgehead atoms. The predicted octanol–water partition coefficient (Wildman–Crippen LogP) is 0.850. The Hall–Kier alpha value is -3.28. The van der Waals surface area contributed by atoms with Crippen LogP contribution >= 0.6 is 0 Å². The van der Waals surface area contributed by atoms with Crippen molar-refractivity contribution in [1.82, 2.24) is 10.2 Å². The van der Waals surface area contributed by atoms with Crippen LogP contribution in [0.15, 0.2) is 23.0 Å². The van der Waals surface area contributed by atoms with Crippen molar-refractivity contribution >= 4 is 23.2 Å². The van der Waals surface area contributed by atoms with E-state index in [-0.39, 0.29) is 41.6 Å². The van der Waals surface area contributed by atoms with Crippen LogP contribution in [0.1, 0.15) is 36.5 Å². The van der Waals surface area contributed by atoms with E-state index in [1.807, 2.05) is 19.0 Å². The number of rotatable bonds is 7. The van der Waals surface area contributed by atoms with Gasteiger partial charge in [0.1, 0.15) is 28.7 Å². The zero-order chi connectivity index (χ0) is 27.4. The van der Waals surface area contributed by atoms with Gasteiger partial charge < -0.3 is 36.4 Å². The van der Waals surface area contributed by atoms with Crippen LogP contribution in [-0.2, 0) is 27.3 Å². The number of phenolic OH excluding ortho intramolecular Hbond substituents is 1. The Morgan fingerprint density at radius 3 is 2.57 bits per heavy atom. The summed E-state index contributed by atoms with van der Waals surface area (Å²) in [7, 11) is 3.92. The number of nitrogens with one attached hydrogen (secondary N) is 1. The lowest BCUT2D eigenvalue weighted by atomic mass is 9.59. The molecule has 1 fully saturated rings. The fraction of sp³-hybridized carbons (Fsp3) is 0.500. The molecule has 1 unspecified atom stereocenters. The number of carbonyl (C=O) groups excluding carboxylic acids is 3. The number of nitrogens with two attached hydrogens (primary N) is 1. The van der Waals surface area contributed by atoms with Gasteiger partial charge in [-0.2, -0.15) is 0 Å². The molecule has 1 amide bonds. The number of primary amides is 1. The fourth-order valence-corrected chi connectivity index (χ4v) is 5.99. The number of benzene rings is 1. The highest BCUT2D eigenvalue weighted by atomic mass is 19.1. The number of amides is 1. The van der Waals surface area contributed by atoms with E-state index >= 15 is 4.39 Å².